The maximum Gasteiger partial charge on any atom is 0.265 e. The van der Waals surface area contributed by atoms with Gasteiger partial charge in [0.2, 0.25) is 0 Å². The third-order valence-electron chi connectivity index (χ3n) is 6.08. The SMILES string of the molecule is CCc1ccc(-c2nc(C)c(C(=O)N3CCN(c4cccc(C)c4C)CC3)s2)cc1. The minimum absolute atomic E-state index is 0.113. The summed E-state index contributed by atoms with van der Waals surface area (Å²) in [4.78, 5) is 23.0. The van der Waals surface area contributed by atoms with E-state index in [1.165, 1.54) is 33.7 Å². The fraction of sp³-hybridized carbons (Fsp3) is 0.360. The zero-order valence-electron chi connectivity index (χ0n) is 18.2. The zero-order valence-corrected chi connectivity index (χ0v) is 19.1. The third-order valence-corrected chi connectivity index (χ3v) is 7.28. The van der Waals surface area contributed by atoms with Gasteiger partial charge in [-0.15, -0.1) is 11.3 Å². The molecule has 1 amide bonds. The van der Waals surface area contributed by atoms with E-state index in [4.69, 9.17) is 4.98 Å². The topological polar surface area (TPSA) is 36.4 Å². The number of carbonyl (C=O) groups excluding carboxylic acids is 1. The summed E-state index contributed by atoms with van der Waals surface area (Å²) in [6.45, 7) is 11.6. The van der Waals surface area contributed by atoms with Crippen molar-refractivity contribution in [2.75, 3.05) is 31.1 Å². The summed E-state index contributed by atoms with van der Waals surface area (Å²) in [6.07, 6.45) is 1.02. The van der Waals surface area contributed by atoms with Crippen molar-refractivity contribution in [1.29, 1.82) is 0 Å². The second-order valence-corrected chi connectivity index (χ2v) is 8.98. The Bertz CT molecular complexity index is 1050. The maximum absolute atomic E-state index is 13.2. The Labute approximate surface area is 183 Å². The number of aromatic nitrogens is 1. The van der Waals surface area contributed by atoms with Crippen LogP contribution in [-0.4, -0.2) is 42.0 Å². The molecule has 1 saturated heterocycles. The highest BCUT2D eigenvalue weighted by atomic mass is 32.1. The third kappa shape index (κ3) is 3.99. The molecule has 0 unspecified atom stereocenters. The number of benzene rings is 2. The molecule has 2 aromatic carbocycles. The van der Waals surface area contributed by atoms with Crippen molar-refractivity contribution in [2.45, 2.75) is 34.1 Å². The van der Waals surface area contributed by atoms with Gasteiger partial charge in [-0.25, -0.2) is 4.98 Å². The minimum Gasteiger partial charge on any atom is -0.368 e. The lowest BCUT2D eigenvalue weighted by atomic mass is 10.1. The Morgan fingerprint density at radius 1 is 1.00 bits per heavy atom. The summed E-state index contributed by atoms with van der Waals surface area (Å²) >= 11 is 1.51. The lowest BCUT2D eigenvalue weighted by Gasteiger charge is -2.37. The normalized spacial score (nSPS) is 14.3. The van der Waals surface area contributed by atoms with E-state index < -0.39 is 0 Å². The van der Waals surface area contributed by atoms with Crippen LogP contribution in [0.5, 0.6) is 0 Å². The van der Waals surface area contributed by atoms with Gasteiger partial charge in [-0.3, -0.25) is 4.79 Å². The molecule has 3 aromatic rings. The fourth-order valence-electron chi connectivity index (χ4n) is 3.97. The Kier molecular flexibility index (Phi) is 5.91. The largest absolute Gasteiger partial charge is 0.368 e. The van der Waals surface area contributed by atoms with E-state index in [1.54, 1.807) is 0 Å². The Morgan fingerprint density at radius 2 is 1.70 bits per heavy atom. The summed E-state index contributed by atoms with van der Waals surface area (Å²) in [6, 6.07) is 14.9. The molecule has 1 aromatic heterocycles. The molecule has 1 aliphatic heterocycles. The van der Waals surface area contributed by atoms with Crippen LogP contribution in [0.2, 0.25) is 0 Å². The van der Waals surface area contributed by atoms with E-state index in [2.05, 4.69) is 68.1 Å². The predicted octanol–water partition coefficient (Wildman–Crippen LogP) is 5.26. The lowest BCUT2D eigenvalue weighted by Crippen LogP contribution is -2.49. The number of nitrogens with zero attached hydrogens (tertiary/aromatic N) is 3. The van der Waals surface area contributed by atoms with Crippen molar-refractivity contribution < 1.29 is 4.79 Å². The molecule has 4 rings (SSSR count). The molecular weight excluding hydrogens is 390 g/mol. The van der Waals surface area contributed by atoms with Gasteiger partial charge in [-0.2, -0.15) is 0 Å². The molecule has 1 aliphatic rings. The van der Waals surface area contributed by atoms with Crippen LogP contribution in [-0.2, 0) is 6.42 Å². The molecule has 156 valence electrons. The number of rotatable bonds is 4. The van der Waals surface area contributed by atoms with Gasteiger partial charge in [0.05, 0.1) is 5.69 Å². The second-order valence-electron chi connectivity index (χ2n) is 7.98. The number of piperazine rings is 1. The van der Waals surface area contributed by atoms with Gasteiger partial charge in [0, 0.05) is 37.4 Å². The van der Waals surface area contributed by atoms with Crippen LogP contribution in [0, 0.1) is 20.8 Å². The Morgan fingerprint density at radius 3 is 2.37 bits per heavy atom. The number of anilines is 1. The van der Waals surface area contributed by atoms with E-state index in [0.717, 1.165) is 53.7 Å². The van der Waals surface area contributed by atoms with E-state index in [9.17, 15) is 4.79 Å². The fourth-order valence-corrected chi connectivity index (χ4v) is 5.01. The van der Waals surface area contributed by atoms with Crippen molar-refractivity contribution in [1.82, 2.24) is 9.88 Å². The van der Waals surface area contributed by atoms with Gasteiger partial charge in [0.25, 0.3) is 5.91 Å². The van der Waals surface area contributed by atoms with E-state index in [0.29, 0.717) is 0 Å². The average Bonchev–Trinajstić information content (AvgIpc) is 3.17. The first-order valence-corrected chi connectivity index (χ1v) is 11.5. The highest BCUT2D eigenvalue weighted by molar-refractivity contribution is 7.17. The Hall–Kier alpha value is -2.66. The van der Waals surface area contributed by atoms with Gasteiger partial charge in [-0.1, -0.05) is 43.3 Å². The van der Waals surface area contributed by atoms with Gasteiger partial charge in [-0.05, 0) is 49.9 Å². The number of aryl methyl sites for hydroxylation is 3. The van der Waals surface area contributed by atoms with E-state index in [-0.39, 0.29) is 5.91 Å². The number of amides is 1. The van der Waals surface area contributed by atoms with Crippen LogP contribution in [0.1, 0.15) is 39.0 Å². The molecule has 0 aliphatic carbocycles. The van der Waals surface area contributed by atoms with Gasteiger partial charge in [0.1, 0.15) is 9.88 Å². The van der Waals surface area contributed by atoms with Crippen LogP contribution < -0.4 is 4.90 Å². The maximum atomic E-state index is 13.2. The standard InChI is InChI=1S/C25H29N3OS/c1-5-20-9-11-21(12-10-20)24-26-19(4)23(30-24)25(29)28-15-13-27(14-16-28)22-8-6-7-17(2)18(22)3/h6-12H,5,13-16H2,1-4H3. The molecule has 1 fully saturated rings. The number of hydrogen-bond acceptors (Lipinski definition) is 4. The molecule has 0 bridgehead atoms. The van der Waals surface area contributed by atoms with Crippen molar-refractivity contribution in [2.24, 2.45) is 0 Å². The van der Waals surface area contributed by atoms with Crippen molar-refractivity contribution in [3.63, 3.8) is 0 Å². The molecule has 0 N–H and O–H groups in total. The number of carbonyl (C=O) groups is 1. The molecule has 2 heterocycles. The highest BCUT2D eigenvalue weighted by Crippen LogP contribution is 2.30. The molecule has 0 spiro atoms. The molecule has 4 nitrogen and oxygen atoms in total. The summed E-state index contributed by atoms with van der Waals surface area (Å²) in [5, 5.41) is 0.924. The van der Waals surface area contributed by atoms with E-state index >= 15 is 0 Å². The van der Waals surface area contributed by atoms with Crippen molar-refractivity contribution >= 4 is 22.9 Å². The first kappa shape index (κ1) is 20.6. The molecule has 0 radical (unpaired) electrons. The van der Waals surface area contributed by atoms with Crippen molar-refractivity contribution in [3.8, 4) is 10.6 Å². The molecule has 30 heavy (non-hydrogen) atoms. The molecule has 0 saturated carbocycles. The summed E-state index contributed by atoms with van der Waals surface area (Å²) in [5.74, 6) is 0.113. The second kappa shape index (κ2) is 8.60. The highest BCUT2D eigenvalue weighted by Gasteiger charge is 2.26. The monoisotopic (exact) mass is 419 g/mol. The van der Waals surface area contributed by atoms with Crippen LogP contribution in [0.15, 0.2) is 42.5 Å². The first-order valence-electron chi connectivity index (χ1n) is 10.6. The molecular formula is C25H29N3OS. The lowest BCUT2D eigenvalue weighted by molar-refractivity contribution is 0.0750. The summed E-state index contributed by atoms with van der Waals surface area (Å²) in [7, 11) is 0. The van der Waals surface area contributed by atoms with Crippen LogP contribution in [0.4, 0.5) is 5.69 Å². The smallest absolute Gasteiger partial charge is 0.265 e. The van der Waals surface area contributed by atoms with Crippen LogP contribution in [0.3, 0.4) is 0 Å². The predicted molar refractivity (Wildman–Crippen MR) is 126 cm³/mol. The molecule has 0 atom stereocenters. The minimum atomic E-state index is 0.113. The summed E-state index contributed by atoms with van der Waals surface area (Å²) < 4.78 is 0. The molecule has 5 heteroatoms. The first-order chi connectivity index (χ1) is 14.5. The zero-order chi connectivity index (χ0) is 21.3. The van der Waals surface area contributed by atoms with Gasteiger partial charge in [0.15, 0.2) is 0 Å². The average molecular weight is 420 g/mol. The van der Waals surface area contributed by atoms with Crippen LogP contribution in [0.25, 0.3) is 10.6 Å². The number of thiazole rings is 1. The van der Waals surface area contributed by atoms with Crippen LogP contribution >= 0.6 is 11.3 Å². The van der Waals surface area contributed by atoms with Gasteiger partial charge >= 0.3 is 0 Å². The van der Waals surface area contributed by atoms with E-state index in [1.807, 2.05) is 11.8 Å². The quantitative estimate of drug-likeness (QED) is 0.579. The van der Waals surface area contributed by atoms with Gasteiger partial charge < -0.3 is 9.80 Å². The van der Waals surface area contributed by atoms with Crippen molar-refractivity contribution in [3.05, 3.63) is 69.7 Å². The Balaban J connectivity index is 1.46. The number of hydrogen-bond donors (Lipinski definition) is 0. The summed E-state index contributed by atoms with van der Waals surface area (Å²) in [5.41, 5.74) is 7.15.